The van der Waals surface area contributed by atoms with Gasteiger partial charge in [-0.1, -0.05) is 18.2 Å². The molecule has 0 unspecified atom stereocenters. The van der Waals surface area contributed by atoms with Crippen molar-refractivity contribution in [3.8, 4) is 0 Å². The first-order chi connectivity index (χ1) is 12.1. The van der Waals surface area contributed by atoms with E-state index in [0.717, 1.165) is 18.5 Å². The van der Waals surface area contributed by atoms with E-state index < -0.39 is 0 Å². The van der Waals surface area contributed by atoms with Crippen LogP contribution in [0.4, 0.5) is 5.69 Å². The molecular formula is C19H23N3O3. The van der Waals surface area contributed by atoms with Gasteiger partial charge in [0.1, 0.15) is 5.76 Å². The monoisotopic (exact) mass is 341 g/mol. The van der Waals surface area contributed by atoms with Gasteiger partial charge in [-0.15, -0.1) is 0 Å². The number of hydrogen-bond donors (Lipinski definition) is 1. The van der Waals surface area contributed by atoms with Crippen molar-refractivity contribution in [3.05, 3.63) is 54.5 Å². The average molecular weight is 341 g/mol. The molecule has 1 aromatic carbocycles. The van der Waals surface area contributed by atoms with E-state index in [1.807, 2.05) is 36.4 Å². The SMILES string of the molecule is CN(CC(=O)NC1CC1)CC(=O)N(Cc1ccco1)c1ccccc1. The van der Waals surface area contributed by atoms with E-state index in [4.69, 9.17) is 4.42 Å². The number of anilines is 1. The van der Waals surface area contributed by atoms with Crippen LogP contribution in [0.1, 0.15) is 18.6 Å². The highest BCUT2D eigenvalue weighted by atomic mass is 16.3. The summed E-state index contributed by atoms with van der Waals surface area (Å²) in [6.07, 6.45) is 3.70. The second-order valence-electron chi connectivity index (χ2n) is 6.41. The van der Waals surface area contributed by atoms with Crippen LogP contribution in [0.5, 0.6) is 0 Å². The number of hydrogen-bond acceptors (Lipinski definition) is 4. The van der Waals surface area contributed by atoms with Crippen LogP contribution in [0.2, 0.25) is 0 Å². The molecule has 1 aliphatic carbocycles. The van der Waals surface area contributed by atoms with Crippen LogP contribution < -0.4 is 10.2 Å². The van der Waals surface area contributed by atoms with Crippen LogP contribution in [0, 0.1) is 0 Å². The first kappa shape index (κ1) is 17.2. The zero-order valence-corrected chi connectivity index (χ0v) is 14.4. The number of nitrogens with one attached hydrogen (secondary N) is 1. The largest absolute Gasteiger partial charge is 0.467 e. The maximum absolute atomic E-state index is 12.8. The summed E-state index contributed by atoms with van der Waals surface area (Å²) in [6.45, 7) is 0.733. The quantitative estimate of drug-likeness (QED) is 0.798. The molecule has 1 fully saturated rings. The topological polar surface area (TPSA) is 65.8 Å². The van der Waals surface area contributed by atoms with Gasteiger partial charge in [0, 0.05) is 11.7 Å². The van der Waals surface area contributed by atoms with E-state index >= 15 is 0 Å². The molecule has 2 aromatic rings. The Hall–Kier alpha value is -2.60. The summed E-state index contributed by atoms with van der Waals surface area (Å²) in [5, 5.41) is 2.93. The minimum absolute atomic E-state index is 0.0323. The van der Waals surface area contributed by atoms with Gasteiger partial charge in [0.25, 0.3) is 0 Å². The van der Waals surface area contributed by atoms with Crippen LogP contribution in [0.25, 0.3) is 0 Å². The molecule has 6 nitrogen and oxygen atoms in total. The Morgan fingerprint density at radius 1 is 1.12 bits per heavy atom. The molecule has 0 radical (unpaired) electrons. The van der Waals surface area contributed by atoms with E-state index in [2.05, 4.69) is 5.32 Å². The van der Waals surface area contributed by atoms with Crippen molar-refractivity contribution in [1.29, 1.82) is 0 Å². The number of carbonyl (C=O) groups is 2. The fourth-order valence-electron chi connectivity index (χ4n) is 2.61. The van der Waals surface area contributed by atoms with E-state index in [9.17, 15) is 9.59 Å². The summed E-state index contributed by atoms with van der Waals surface area (Å²) < 4.78 is 5.38. The molecule has 1 aliphatic rings. The zero-order valence-electron chi connectivity index (χ0n) is 14.4. The van der Waals surface area contributed by atoms with Crippen molar-refractivity contribution in [1.82, 2.24) is 10.2 Å². The molecule has 1 N–H and O–H groups in total. The lowest BCUT2D eigenvalue weighted by Gasteiger charge is -2.25. The lowest BCUT2D eigenvalue weighted by molar-refractivity contribution is -0.123. The molecule has 0 atom stereocenters. The molecule has 1 saturated carbocycles. The fourth-order valence-corrected chi connectivity index (χ4v) is 2.61. The molecule has 132 valence electrons. The zero-order chi connectivity index (χ0) is 17.6. The van der Waals surface area contributed by atoms with Crippen molar-refractivity contribution in [2.24, 2.45) is 0 Å². The summed E-state index contributed by atoms with van der Waals surface area (Å²) in [4.78, 5) is 28.1. The maximum atomic E-state index is 12.8. The molecule has 1 heterocycles. The van der Waals surface area contributed by atoms with Crippen LogP contribution in [0.3, 0.4) is 0 Å². The van der Waals surface area contributed by atoms with E-state index in [1.165, 1.54) is 0 Å². The van der Waals surface area contributed by atoms with Crippen molar-refractivity contribution in [3.63, 3.8) is 0 Å². The predicted octanol–water partition coefficient (Wildman–Crippen LogP) is 2.02. The van der Waals surface area contributed by atoms with Crippen LogP contribution in [0.15, 0.2) is 53.1 Å². The smallest absolute Gasteiger partial charge is 0.241 e. The summed E-state index contributed by atoms with van der Waals surface area (Å²) >= 11 is 0. The Balaban J connectivity index is 1.62. The maximum Gasteiger partial charge on any atom is 0.241 e. The third-order valence-corrected chi connectivity index (χ3v) is 4.02. The third-order valence-electron chi connectivity index (χ3n) is 4.02. The van der Waals surface area contributed by atoms with Gasteiger partial charge in [0.05, 0.1) is 25.9 Å². The lowest BCUT2D eigenvalue weighted by Crippen LogP contribution is -2.43. The van der Waals surface area contributed by atoms with Crippen LogP contribution >= 0.6 is 0 Å². The average Bonchev–Trinajstić information content (AvgIpc) is 3.24. The standard InChI is InChI=1S/C19H23N3O3/c1-21(13-18(23)20-15-9-10-15)14-19(24)22(12-17-8-5-11-25-17)16-6-3-2-4-7-16/h2-8,11,15H,9-10,12-14H2,1H3,(H,20,23). The molecular weight excluding hydrogens is 318 g/mol. The van der Waals surface area contributed by atoms with Gasteiger partial charge in [-0.2, -0.15) is 0 Å². The summed E-state index contributed by atoms with van der Waals surface area (Å²) in [5.41, 5.74) is 0.805. The van der Waals surface area contributed by atoms with Gasteiger partial charge < -0.3 is 14.6 Å². The minimum atomic E-state index is -0.0793. The Bertz CT molecular complexity index is 696. The van der Waals surface area contributed by atoms with Crippen LogP contribution in [-0.4, -0.2) is 42.9 Å². The van der Waals surface area contributed by atoms with E-state index in [-0.39, 0.29) is 24.9 Å². The van der Waals surface area contributed by atoms with Crippen molar-refractivity contribution >= 4 is 17.5 Å². The van der Waals surface area contributed by atoms with Gasteiger partial charge >= 0.3 is 0 Å². The van der Waals surface area contributed by atoms with Crippen molar-refractivity contribution in [2.75, 3.05) is 25.0 Å². The minimum Gasteiger partial charge on any atom is -0.467 e. The molecule has 0 bridgehead atoms. The Morgan fingerprint density at radius 3 is 2.52 bits per heavy atom. The number of likely N-dealkylation sites (N-methyl/N-ethyl adjacent to an activating group) is 1. The molecule has 1 aromatic heterocycles. The number of benzene rings is 1. The Morgan fingerprint density at radius 2 is 1.88 bits per heavy atom. The highest BCUT2D eigenvalue weighted by Gasteiger charge is 2.24. The fraction of sp³-hybridized carbons (Fsp3) is 0.368. The normalized spacial score (nSPS) is 13.7. The lowest BCUT2D eigenvalue weighted by atomic mass is 10.2. The van der Waals surface area contributed by atoms with Gasteiger partial charge in [-0.3, -0.25) is 14.5 Å². The van der Waals surface area contributed by atoms with Crippen molar-refractivity contribution in [2.45, 2.75) is 25.4 Å². The highest BCUT2D eigenvalue weighted by molar-refractivity contribution is 5.95. The van der Waals surface area contributed by atoms with E-state index in [1.54, 1.807) is 29.2 Å². The van der Waals surface area contributed by atoms with Crippen molar-refractivity contribution < 1.29 is 14.0 Å². The molecule has 3 rings (SSSR count). The number of nitrogens with zero attached hydrogens (tertiary/aromatic N) is 2. The summed E-state index contributed by atoms with van der Waals surface area (Å²) in [6, 6.07) is 13.5. The summed E-state index contributed by atoms with van der Waals surface area (Å²) in [5.74, 6) is 0.603. The molecule has 6 heteroatoms. The second kappa shape index (κ2) is 7.98. The molecule has 0 spiro atoms. The van der Waals surface area contributed by atoms with Gasteiger partial charge in [0.2, 0.25) is 11.8 Å². The number of para-hydroxylation sites is 1. The number of amides is 2. The molecule has 25 heavy (non-hydrogen) atoms. The van der Waals surface area contributed by atoms with E-state index in [0.29, 0.717) is 18.3 Å². The molecule has 0 saturated heterocycles. The highest BCUT2D eigenvalue weighted by Crippen LogP contribution is 2.19. The number of furan rings is 1. The third kappa shape index (κ3) is 5.19. The Labute approximate surface area is 147 Å². The first-order valence-electron chi connectivity index (χ1n) is 8.47. The number of carbonyl (C=O) groups excluding carboxylic acids is 2. The predicted molar refractivity (Wildman–Crippen MR) is 95.0 cm³/mol. The molecule has 0 aliphatic heterocycles. The van der Waals surface area contributed by atoms with Gasteiger partial charge in [-0.05, 0) is 44.2 Å². The second-order valence-corrected chi connectivity index (χ2v) is 6.41. The van der Waals surface area contributed by atoms with Crippen LogP contribution in [-0.2, 0) is 16.1 Å². The number of rotatable bonds is 8. The van der Waals surface area contributed by atoms with Gasteiger partial charge in [0.15, 0.2) is 0 Å². The first-order valence-corrected chi connectivity index (χ1v) is 8.47. The Kier molecular flexibility index (Phi) is 5.50. The molecule has 2 amide bonds. The summed E-state index contributed by atoms with van der Waals surface area (Å²) in [7, 11) is 1.78. The van der Waals surface area contributed by atoms with Gasteiger partial charge in [-0.25, -0.2) is 0 Å².